The van der Waals surface area contributed by atoms with Gasteiger partial charge in [0.05, 0.1) is 5.60 Å². The van der Waals surface area contributed by atoms with E-state index in [-0.39, 0.29) is 51.1 Å². The summed E-state index contributed by atoms with van der Waals surface area (Å²) in [7, 11) is 0. The zero-order valence-corrected chi connectivity index (χ0v) is 22.5. The van der Waals surface area contributed by atoms with Crippen LogP contribution in [0.15, 0.2) is 0 Å². The van der Waals surface area contributed by atoms with E-state index in [1.807, 2.05) is 0 Å². The van der Waals surface area contributed by atoms with Gasteiger partial charge < -0.3 is 9.95 Å². The number of carbonyl (C=O) groups is 2. The Bertz CT molecular complexity index is 976. The van der Waals surface area contributed by atoms with Crippen LogP contribution in [0.1, 0.15) is 106 Å². The highest BCUT2D eigenvalue weighted by Crippen LogP contribution is 2.75. The molecule has 1 unspecified atom stereocenters. The average molecular weight is 468 g/mol. The summed E-state index contributed by atoms with van der Waals surface area (Å²) < 4.78 is 0. The van der Waals surface area contributed by atoms with Gasteiger partial charge in [-0.25, -0.2) is 6.57 Å². The maximum atomic E-state index is 14.2. The number of hydrogen-bond acceptors (Lipinski definition) is 3. The van der Waals surface area contributed by atoms with Crippen LogP contribution < -0.4 is 0 Å². The van der Waals surface area contributed by atoms with Crippen molar-refractivity contribution < 1.29 is 14.7 Å². The van der Waals surface area contributed by atoms with E-state index in [0.717, 1.165) is 44.9 Å². The van der Waals surface area contributed by atoms with Crippen molar-refractivity contribution in [3.05, 3.63) is 11.4 Å². The average Bonchev–Trinajstić information content (AvgIpc) is 2.74. The van der Waals surface area contributed by atoms with Gasteiger partial charge in [0.1, 0.15) is 5.78 Å². The Morgan fingerprint density at radius 1 is 0.853 bits per heavy atom. The topological polar surface area (TPSA) is 58.7 Å². The van der Waals surface area contributed by atoms with Gasteiger partial charge in [-0.1, -0.05) is 48.5 Å². The molecule has 0 radical (unpaired) electrons. The molecule has 9 atom stereocenters. The van der Waals surface area contributed by atoms with E-state index in [4.69, 9.17) is 6.57 Å². The van der Waals surface area contributed by atoms with Crippen molar-refractivity contribution in [2.75, 3.05) is 0 Å². The number of nitrogens with zero attached hydrogens (tertiary/aromatic N) is 1. The molecular formula is C30H45NO3. The molecule has 5 aliphatic carbocycles. The first-order chi connectivity index (χ1) is 15.6. The van der Waals surface area contributed by atoms with Crippen LogP contribution in [0.2, 0.25) is 0 Å². The predicted molar refractivity (Wildman–Crippen MR) is 133 cm³/mol. The van der Waals surface area contributed by atoms with Gasteiger partial charge in [-0.05, 0) is 84.4 Å². The lowest BCUT2D eigenvalue weighted by molar-refractivity contribution is -0.245. The zero-order chi connectivity index (χ0) is 25.1. The molecule has 1 N–H and O–H groups in total. The van der Waals surface area contributed by atoms with Crippen molar-refractivity contribution in [1.82, 2.24) is 0 Å². The molecular weight excluding hydrogens is 422 g/mol. The van der Waals surface area contributed by atoms with Crippen molar-refractivity contribution in [2.24, 2.45) is 50.7 Å². The predicted octanol–water partition coefficient (Wildman–Crippen LogP) is 6.26. The zero-order valence-electron chi connectivity index (χ0n) is 22.5. The van der Waals surface area contributed by atoms with Gasteiger partial charge in [-0.15, -0.1) is 0 Å². The number of Topliss-reactive ketones (excluding diaryl/α,β-unsaturated/α-hetero) is 2. The quantitative estimate of drug-likeness (QED) is 0.428. The first kappa shape index (κ1) is 24.5. The lowest BCUT2D eigenvalue weighted by Gasteiger charge is -2.72. The van der Waals surface area contributed by atoms with Gasteiger partial charge in [-0.2, -0.15) is 0 Å². The van der Waals surface area contributed by atoms with Gasteiger partial charge in [-0.3, -0.25) is 9.59 Å². The number of fused-ring (bicyclic) bond motifs is 7. The van der Waals surface area contributed by atoms with E-state index >= 15 is 0 Å². The third kappa shape index (κ3) is 2.86. The monoisotopic (exact) mass is 467 g/mol. The van der Waals surface area contributed by atoms with E-state index < -0.39 is 17.1 Å². The maximum absolute atomic E-state index is 14.2. The lowest BCUT2D eigenvalue weighted by atomic mass is 9.32. The molecule has 5 saturated carbocycles. The van der Waals surface area contributed by atoms with E-state index in [1.165, 1.54) is 0 Å². The summed E-state index contributed by atoms with van der Waals surface area (Å²) in [5, 5.41) is 11.8. The van der Waals surface area contributed by atoms with E-state index in [0.29, 0.717) is 18.6 Å². The second-order valence-corrected chi connectivity index (χ2v) is 15.1. The Labute approximate surface area is 206 Å². The lowest BCUT2D eigenvalue weighted by Crippen LogP contribution is -2.70. The number of rotatable bonds is 0. The van der Waals surface area contributed by atoms with Crippen LogP contribution in [-0.4, -0.2) is 28.3 Å². The first-order valence-corrected chi connectivity index (χ1v) is 13.7. The third-order valence-corrected chi connectivity index (χ3v) is 12.8. The van der Waals surface area contributed by atoms with Crippen LogP contribution in [0, 0.1) is 57.3 Å². The number of carbonyl (C=O) groups excluding carboxylic acids is 2. The smallest absolute Gasteiger partial charge is 0.281 e. The largest absolute Gasteiger partial charge is 0.390 e. The summed E-state index contributed by atoms with van der Waals surface area (Å²) >= 11 is 0. The molecule has 0 saturated heterocycles. The van der Waals surface area contributed by atoms with Crippen LogP contribution in [0.25, 0.3) is 4.85 Å². The van der Waals surface area contributed by atoms with E-state index in [1.54, 1.807) is 0 Å². The van der Waals surface area contributed by atoms with Gasteiger partial charge >= 0.3 is 0 Å². The first-order valence-electron chi connectivity index (χ1n) is 13.7. The number of ketones is 2. The Hall–Kier alpha value is -1.21. The summed E-state index contributed by atoms with van der Waals surface area (Å²) in [4.78, 5) is 31.2. The Morgan fingerprint density at radius 3 is 2.15 bits per heavy atom. The Morgan fingerprint density at radius 2 is 1.50 bits per heavy atom. The minimum absolute atomic E-state index is 0.0250. The van der Waals surface area contributed by atoms with Crippen LogP contribution in [0.5, 0.6) is 0 Å². The molecule has 5 rings (SSSR count). The Balaban J connectivity index is 1.60. The highest BCUT2D eigenvalue weighted by molar-refractivity contribution is 5.92. The summed E-state index contributed by atoms with van der Waals surface area (Å²) in [6, 6.07) is -0.588. The van der Waals surface area contributed by atoms with Crippen molar-refractivity contribution in [3.8, 4) is 0 Å². The standard InChI is InChI=1S/C30H45NO3/c1-25(2)11-13-30(34)14-12-29(7)23(18(30)16-25)20(32)15-22-27(5)17-19(31-8)24(33)26(3,4)21(27)9-10-28(22,29)6/h18-19,21-23,34H,9-17H2,1-7H3/t18-,19?,21-,22+,23-,27-,28+,29+,30-/m0/s1. The SMILES string of the molecule is [C-]#[N+]C1C[C@]2(C)[C@H]3CC(=O)[C@@H]4[C@@H]5CC(C)(C)CC[C@]5(O)CC[C@@]4(C)[C@]3(C)CC[C@H]2C(C)(C)C1=O. The molecule has 188 valence electrons. The molecule has 0 spiro atoms. The minimum atomic E-state index is -0.700. The van der Waals surface area contributed by atoms with Crippen molar-refractivity contribution in [2.45, 2.75) is 118 Å². The van der Waals surface area contributed by atoms with Gasteiger partial charge in [0.25, 0.3) is 6.04 Å². The molecule has 0 aromatic heterocycles. The molecule has 34 heavy (non-hydrogen) atoms. The molecule has 5 aliphatic rings. The van der Waals surface area contributed by atoms with Gasteiger partial charge in [0.15, 0.2) is 0 Å². The van der Waals surface area contributed by atoms with Crippen molar-refractivity contribution in [3.63, 3.8) is 0 Å². The summed E-state index contributed by atoms with van der Waals surface area (Å²) in [5.41, 5.74) is -1.43. The number of aliphatic hydroxyl groups is 1. The summed E-state index contributed by atoms with van der Waals surface area (Å²) in [6.07, 6.45) is 7.63. The molecule has 0 heterocycles. The second-order valence-electron chi connectivity index (χ2n) is 15.1. The Kier molecular flexibility index (Phi) is 5.01. The molecule has 4 nitrogen and oxygen atoms in total. The number of hydrogen-bond donors (Lipinski definition) is 1. The molecule has 0 amide bonds. The van der Waals surface area contributed by atoms with Crippen molar-refractivity contribution >= 4 is 11.6 Å². The fourth-order valence-electron chi connectivity index (χ4n) is 10.7. The van der Waals surface area contributed by atoms with Crippen LogP contribution in [0.4, 0.5) is 0 Å². The molecule has 4 heteroatoms. The normalized spacial score (nSPS) is 53.6. The van der Waals surface area contributed by atoms with Crippen LogP contribution in [-0.2, 0) is 9.59 Å². The fourth-order valence-corrected chi connectivity index (χ4v) is 10.7. The molecule has 5 fully saturated rings. The molecule has 0 bridgehead atoms. The fraction of sp³-hybridized carbons (Fsp3) is 0.900. The molecule has 0 aliphatic heterocycles. The summed E-state index contributed by atoms with van der Waals surface area (Å²) in [6.45, 7) is 23.6. The summed E-state index contributed by atoms with van der Waals surface area (Å²) in [5.74, 6) is 0.819. The molecule has 0 aromatic carbocycles. The van der Waals surface area contributed by atoms with Gasteiger partial charge in [0, 0.05) is 24.2 Å². The maximum Gasteiger partial charge on any atom is 0.281 e. The van der Waals surface area contributed by atoms with E-state index in [9.17, 15) is 14.7 Å². The molecule has 0 aromatic rings. The van der Waals surface area contributed by atoms with Crippen LogP contribution >= 0.6 is 0 Å². The van der Waals surface area contributed by atoms with Crippen molar-refractivity contribution in [1.29, 1.82) is 0 Å². The third-order valence-electron chi connectivity index (χ3n) is 12.8. The highest BCUT2D eigenvalue weighted by Gasteiger charge is 2.73. The van der Waals surface area contributed by atoms with E-state index in [2.05, 4.69) is 53.3 Å². The van der Waals surface area contributed by atoms with Crippen LogP contribution in [0.3, 0.4) is 0 Å². The minimum Gasteiger partial charge on any atom is -0.390 e. The van der Waals surface area contributed by atoms with Gasteiger partial charge in [0.2, 0.25) is 5.78 Å². The highest BCUT2D eigenvalue weighted by atomic mass is 16.3. The second kappa shape index (κ2) is 6.96.